The first kappa shape index (κ1) is 8.28. The van der Waals surface area contributed by atoms with Crippen molar-refractivity contribution in [3.8, 4) is 0 Å². The number of rotatable bonds is 1. The molecule has 1 N–H and O–H groups in total. The fraction of sp³-hybridized carbons (Fsp3) is 0.400. The zero-order valence-corrected chi connectivity index (χ0v) is 6.71. The standard InChI is InChI=1S/C10H14O/c1-3-4-9-7-10(11)6-5-8(9)2/h3-4,10-11H,1-2,5-7H2/b9-4-/t10-/m0/s1. The highest BCUT2D eigenvalue weighted by molar-refractivity contribution is 5.33. The summed E-state index contributed by atoms with van der Waals surface area (Å²) in [7, 11) is 0. The van der Waals surface area contributed by atoms with Gasteiger partial charge in [0, 0.05) is 0 Å². The van der Waals surface area contributed by atoms with Crippen LogP contribution in [0.1, 0.15) is 19.3 Å². The maximum atomic E-state index is 9.31. The van der Waals surface area contributed by atoms with Gasteiger partial charge in [0.2, 0.25) is 0 Å². The van der Waals surface area contributed by atoms with Gasteiger partial charge in [-0.2, -0.15) is 0 Å². The highest BCUT2D eigenvalue weighted by Gasteiger charge is 2.16. The summed E-state index contributed by atoms with van der Waals surface area (Å²) in [5, 5.41) is 9.31. The minimum atomic E-state index is -0.174. The summed E-state index contributed by atoms with van der Waals surface area (Å²) < 4.78 is 0. The SMILES string of the molecule is C=C/C=C1/C[C@@H](O)CCC1=C. The molecule has 0 aromatic carbocycles. The normalized spacial score (nSPS) is 29.0. The van der Waals surface area contributed by atoms with Crippen LogP contribution in [0.4, 0.5) is 0 Å². The highest BCUT2D eigenvalue weighted by atomic mass is 16.3. The Morgan fingerprint density at radius 1 is 1.55 bits per heavy atom. The van der Waals surface area contributed by atoms with Gasteiger partial charge in [-0.3, -0.25) is 0 Å². The molecular formula is C10H14O. The highest BCUT2D eigenvalue weighted by Crippen LogP contribution is 2.27. The molecule has 1 aliphatic carbocycles. The molecule has 1 nitrogen and oxygen atoms in total. The quantitative estimate of drug-likeness (QED) is 0.607. The lowest BCUT2D eigenvalue weighted by molar-refractivity contribution is 0.158. The van der Waals surface area contributed by atoms with Crippen molar-refractivity contribution in [2.45, 2.75) is 25.4 Å². The lowest BCUT2D eigenvalue weighted by atomic mass is 9.88. The van der Waals surface area contributed by atoms with Crippen LogP contribution in [-0.4, -0.2) is 11.2 Å². The Kier molecular flexibility index (Phi) is 2.66. The third-order valence-corrected chi connectivity index (χ3v) is 2.01. The second kappa shape index (κ2) is 3.54. The Morgan fingerprint density at radius 2 is 2.27 bits per heavy atom. The second-order valence-corrected chi connectivity index (χ2v) is 2.93. The van der Waals surface area contributed by atoms with Gasteiger partial charge in [-0.25, -0.2) is 0 Å². The first-order valence-corrected chi connectivity index (χ1v) is 3.92. The molecule has 0 saturated heterocycles. The fourth-order valence-corrected chi connectivity index (χ4v) is 1.33. The van der Waals surface area contributed by atoms with Crippen molar-refractivity contribution >= 4 is 0 Å². The summed E-state index contributed by atoms with van der Waals surface area (Å²) in [5.74, 6) is 0. The molecular weight excluding hydrogens is 136 g/mol. The Morgan fingerprint density at radius 3 is 2.91 bits per heavy atom. The van der Waals surface area contributed by atoms with Crippen LogP contribution in [0.15, 0.2) is 36.5 Å². The molecule has 1 aliphatic rings. The van der Waals surface area contributed by atoms with E-state index in [2.05, 4.69) is 13.2 Å². The van der Waals surface area contributed by atoms with Crippen molar-refractivity contribution in [1.82, 2.24) is 0 Å². The van der Waals surface area contributed by atoms with Crippen molar-refractivity contribution in [2.24, 2.45) is 0 Å². The molecule has 0 spiro atoms. The van der Waals surface area contributed by atoms with Gasteiger partial charge in [0.05, 0.1) is 6.10 Å². The molecule has 60 valence electrons. The Hall–Kier alpha value is -0.820. The fourth-order valence-electron chi connectivity index (χ4n) is 1.33. The van der Waals surface area contributed by atoms with Gasteiger partial charge >= 0.3 is 0 Å². The largest absolute Gasteiger partial charge is 0.393 e. The van der Waals surface area contributed by atoms with E-state index in [-0.39, 0.29) is 6.10 Å². The van der Waals surface area contributed by atoms with E-state index < -0.39 is 0 Å². The van der Waals surface area contributed by atoms with Gasteiger partial charge in [0.1, 0.15) is 0 Å². The Labute approximate surface area is 67.7 Å². The van der Waals surface area contributed by atoms with Gasteiger partial charge in [-0.15, -0.1) is 0 Å². The van der Waals surface area contributed by atoms with Crippen molar-refractivity contribution in [3.63, 3.8) is 0 Å². The van der Waals surface area contributed by atoms with Gasteiger partial charge in [0.15, 0.2) is 0 Å². The summed E-state index contributed by atoms with van der Waals surface area (Å²) in [5.41, 5.74) is 2.30. The summed E-state index contributed by atoms with van der Waals surface area (Å²) in [6.45, 7) is 7.54. The number of allylic oxidation sites excluding steroid dienone is 3. The van der Waals surface area contributed by atoms with E-state index in [1.54, 1.807) is 6.08 Å². The zero-order chi connectivity index (χ0) is 8.27. The molecule has 0 unspecified atom stereocenters. The molecule has 11 heavy (non-hydrogen) atoms. The predicted octanol–water partition coefficient (Wildman–Crippen LogP) is 2.20. The van der Waals surface area contributed by atoms with Crippen LogP contribution < -0.4 is 0 Å². The summed E-state index contributed by atoms with van der Waals surface area (Å²) in [6, 6.07) is 0. The molecule has 1 atom stereocenters. The van der Waals surface area contributed by atoms with Crippen LogP contribution >= 0.6 is 0 Å². The summed E-state index contributed by atoms with van der Waals surface area (Å²) in [6.07, 6.45) is 6.02. The van der Waals surface area contributed by atoms with E-state index in [0.29, 0.717) is 0 Å². The second-order valence-electron chi connectivity index (χ2n) is 2.93. The van der Waals surface area contributed by atoms with Gasteiger partial charge in [0.25, 0.3) is 0 Å². The number of aliphatic hydroxyl groups is 1. The Bertz CT molecular complexity index is 201. The minimum absolute atomic E-state index is 0.174. The lowest BCUT2D eigenvalue weighted by Gasteiger charge is -2.21. The molecule has 0 amide bonds. The van der Waals surface area contributed by atoms with Crippen LogP contribution in [-0.2, 0) is 0 Å². The topological polar surface area (TPSA) is 20.2 Å². The zero-order valence-electron chi connectivity index (χ0n) is 6.71. The van der Waals surface area contributed by atoms with Crippen LogP contribution in [0.5, 0.6) is 0 Å². The average Bonchev–Trinajstić information content (AvgIpc) is 1.98. The number of hydrogen-bond donors (Lipinski definition) is 1. The van der Waals surface area contributed by atoms with Crippen LogP contribution in [0.2, 0.25) is 0 Å². The first-order valence-electron chi connectivity index (χ1n) is 3.92. The minimum Gasteiger partial charge on any atom is -0.393 e. The number of hydrogen-bond acceptors (Lipinski definition) is 1. The van der Waals surface area contributed by atoms with E-state index in [1.807, 2.05) is 6.08 Å². The molecule has 1 saturated carbocycles. The van der Waals surface area contributed by atoms with E-state index in [4.69, 9.17) is 0 Å². The molecule has 1 fully saturated rings. The van der Waals surface area contributed by atoms with Crippen molar-refractivity contribution < 1.29 is 5.11 Å². The maximum Gasteiger partial charge on any atom is 0.0583 e. The molecule has 0 bridgehead atoms. The smallest absolute Gasteiger partial charge is 0.0583 e. The first-order chi connectivity index (χ1) is 5.24. The van der Waals surface area contributed by atoms with E-state index >= 15 is 0 Å². The third kappa shape index (κ3) is 2.05. The van der Waals surface area contributed by atoms with Crippen LogP contribution in [0.25, 0.3) is 0 Å². The van der Waals surface area contributed by atoms with E-state index in [1.165, 1.54) is 0 Å². The lowest BCUT2D eigenvalue weighted by Crippen LogP contribution is -2.14. The van der Waals surface area contributed by atoms with Gasteiger partial charge in [-0.05, 0) is 24.8 Å². The third-order valence-electron chi connectivity index (χ3n) is 2.01. The molecule has 1 heteroatoms. The maximum absolute atomic E-state index is 9.31. The van der Waals surface area contributed by atoms with E-state index in [0.717, 1.165) is 30.4 Å². The van der Waals surface area contributed by atoms with Gasteiger partial charge in [-0.1, -0.05) is 30.9 Å². The van der Waals surface area contributed by atoms with Crippen LogP contribution in [0, 0.1) is 0 Å². The molecule has 0 aliphatic heterocycles. The summed E-state index contributed by atoms with van der Waals surface area (Å²) in [4.78, 5) is 0. The molecule has 1 rings (SSSR count). The summed E-state index contributed by atoms with van der Waals surface area (Å²) >= 11 is 0. The van der Waals surface area contributed by atoms with Crippen LogP contribution in [0.3, 0.4) is 0 Å². The average molecular weight is 150 g/mol. The number of aliphatic hydroxyl groups excluding tert-OH is 1. The van der Waals surface area contributed by atoms with Crippen molar-refractivity contribution in [1.29, 1.82) is 0 Å². The molecule has 0 aromatic rings. The monoisotopic (exact) mass is 150 g/mol. The van der Waals surface area contributed by atoms with Crippen molar-refractivity contribution in [2.75, 3.05) is 0 Å². The predicted molar refractivity (Wildman–Crippen MR) is 47.3 cm³/mol. The Balaban J connectivity index is 2.68. The molecule has 0 heterocycles. The van der Waals surface area contributed by atoms with E-state index in [9.17, 15) is 5.11 Å². The van der Waals surface area contributed by atoms with Gasteiger partial charge < -0.3 is 5.11 Å². The molecule has 0 aromatic heterocycles. The molecule has 0 radical (unpaired) electrons. The van der Waals surface area contributed by atoms with Crippen molar-refractivity contribution in [3.05, 3.63) is 36.5 Å².